The highest BCUT2D eigenvalue weighted by molar-refractivity contribution is 9.10. The van der Waals surface area contributed by atoms with Gasteiger partial charge in [0.1, 0.15) is 10.7 Å². The topological polar surface area (TPSA) is 38.9 Å². The number of hydrogen-bond donors (Lipinski definition) is 1. The molecule has 2 N–H and O–H groups in total. The van der Waals surface area contributed by atoms with Gasteiger partial charge >= 0.3 is 0 Å². The lowest BCUT2D eigenvalue weighted by atomic mass is 10.2. The Morgan fingerprint density at radius 3 is 2.82 bits per heavy atom. The maximum Gasteiger partial charge on any atom is 0.114 e. The first-order chi connectivity index (χ1) is 8.15. The molecule has 0 spiro atoms. The van der Waals surface area contributed by atoms with Crippen molar-refractivity contribution in [1.29, 1.82) is 0 Å². The molecule has 0 bridgehead atoms. The van der Waals surface area contributed by atoms with Gasteiger partial charge in [-0.1, -0.05) is 17.7 Å². The van der Waals surface area contributed by atoms with Crippen molar-refractivity contribution in [3.8, 4) is 11.3 Å². The lowest BCUT2D eigenvalue weighted by Gasteiger charge is -2.01. The second-order valence-corrected chi connectivity index (χ2v) is 6.49. The molecule has 1 saturated carbocycles. The van der Waals surface area contributed by atoms with E-state index < -0.39 is 0 Å². The number of anilines is 1. The predicted molar refractivity (Wildman–Crippen MR) is 76.6 cm³/mol. The molecule has 5 heteroatoms. The molecule has 1 aliphatic carbocycles. The molecule has 0 radical (unpaired) electrons. The van der Waals surface area contributed by atoms with Crippen LogP contribution in [-0.4, -0.2) is 4.98 Å². The number of benzene rings is 1. The second kappa shape index (κ2) is 4.26. The lowest BCUT2D eigenvalue weighted by molar-refractivity contribution is 1.09. The summed E-state index contributed by atoms with van der Waals surface area (Å²) < 4.78 is 0.888. The molecule has 88 valence electrons. The van der Waals surface area contributed by atoms with Crippen LogP contribution in [0.15, 0.2) is 22.7 Å². The highest BCUT2D eigenvalue weighted by atomic mass is 79.9. The molecule has 2 aromatic rings. The van der Waals surface area contributed by atoms with E-state index in [2.05, 4.69) is 20.9 Å². The molecule has 1 heterocycles. The van der Waals surface area contributed by atoms with Crippen molar-refractivity contribution in [2.75, 3.05) is 5.73 Å². The summed E-state index contributed by atoms with van der Waals surface area (Å²) in [4.78, 5) is 4.63. The Labute approximate surface area is 117 Å². The molecular weight excluding hydrogens is 320 g/mol. The number of thiazole rings is 1. The van der Waals surface area contributed by atoms with Crippen LogP contribution in [0.3, 0.4) is 0 Å². The van der Waals surface area contributed by atoms with E-state index in [1.165, 1.54) is 12.8 Å². The van der Waals surface area contributed by atoms with Crippen LogP contribution in [0.1, 0.15) is 23.8 Å². The predicted octanol–water partition coefficient (Wildman–Crippen LogP) is 4.69. The first kappa shape index (κ1) is 11.5. The van der Waals surface area contributed by atoms with Crippen molar-refractivity contribution in [2.24, 2.45) is 0 Å². The minimum absolute atomic E-state index is 0.641. The largest absolute Gasteiger partial charge is 0.389 e. The summed E-state index contributed by atoms with van der Waals surface area (Å²) in [5, 5.41) is 2.63. The zero-order chi connectivity index (χ0) is 12.0. The van der Waals surface area contributed by atoms with Crippen molar-refractivity contribution in [3.63, 3.8) is 0 Å². The summed E-state index contributed by atoms with van der Waals surface area (Å²) >= 11 is 11.1. The Morgan fingerprint density at radius 2 is 2.18 bits per heavy atom. The van der Waals surface area contributed by atoms with E-state index in [4.69, 9.17) is 17.3 Å². The van der Waals surface area contributed by atoms with Crippen LogP contribution >= 0.6 is 38.9 Å². The molecule has 17 heavy (non-hydrogen) atoms. The number of nitrogens with zero attached hydrogens (tertiary/aromatic N) is 1. The van der Waals surface area contributed by atoms with Gasteiger partial charge in [-0.3, -0.25) is 0 Å². The van der Waals surface area contributed by atoms with Crippen LogP contribution in [0.25, 0.3) is 11.3 Å². The van der Waals surface area contributed by atoms with E-state index in [-0.39, 0.29) is 0 Å². The molecule has 1 aromatic carbocycles. The van der Waals surface area contributed by atoms with Crippen LogP contribution in [0.4, 0.5) is 5.00 Å². The first-order valence-electron chi connectivity index (χ1n) is 5.37. The number of hydrogen-bond acceptors (Lipinski definition) is 3. The fourth-order valence-corrected chi connectivity index (χ4v) is 3.16. The smallest absolute Gasteiger partial charge is 0.114 e. The number of halogens is 2. The maximum atomic E-state index is 6.09. The third-order valence-corrected chi connectivity index (χ3v) is 5.07. The van der Waals surface area contributed by atoms with Gasteiger partial charge in [0.05, 0.1) is 10.0 Å². The SMILES string of the molecule is Nc1sc(C2CC2)nc1-c1ccc(Br)c(Cl)c1. The van der Waals surface area contributed by atoms with Gasteiger partial charge in [0.15, 0.2) is 0 Å². The normalized spacial score (nSPS) is 15.2. The summed E-state index contributed by atoms with van der Waals surface area (Å²) in [5.41, 5.74) is 7.88. The zero-order valence-electron chi connectivity index (χ0n) is 8.91. The average molecular weight is 330 g/mol. The minimum Gasteiger partial charge on any atom is -0.389 e. The van der Waals surface area contributed by atoms with Gasteiger partial charge in [-0.2, -0.15) is 0 Å². The Bertz CT molecular complexity index is 578. The molecule has 0 amide bonds. The van der Waals surface area contributed by atoms with Gasteiger partial charge in [-0.15, -0.1) is 11.3 Å². The second-order valence-electron chi connectivity index (χ2n) is 4.17. The van der Waals surface area contributed by atoms with Crippen molar-refractivity contribution in [2.45, 2.75) is 18.8 Å². The number of rotatable bonds is 2. The summed E-state index contributed by atoms with van der Waals surface area (Å²) in [6.45, 7) is 0. The van der Waals surface area contributed by atoms with Crippen LogP contribution in [-0.2, 0) is 0 Å². The van der Waals surface area contributed by atoms with E-state index in [1.54, 1.807) is 11.3 Å². The molecule has 2 nitrogen and oxygen atoms in total. The molecule has 0 atom stereocenters. The van der Waals surface area contributed by atoms with Gasteiger partial charge in [0.2, 0.25) is 0 Å². The van der Waals surface area contributed by atoms with E-state index >= 15 is 0 Å². The number of aromatic nitrogens is 1. The third-order valence-electron chi connectivity index (χ3n) is 2.79. The van der Waals surface area contributed by atoms with E-state index in [0.717, 1.165) is 25.7 Å². The molecule has 0 unspecified atom stereocenters. The van der Waals surface area contributed by atoms with Crippen molar-refractivity contribution >= 4 is 43.9 Å². The fourth-order valence-electron chi connectivity index (χ4n) is 1.70. The summed E-state index contributed by atoms with van der Waals surface area (Å²) in [5.74, 6) is 0.641. The molecular formula is C12H10BrClN2S. The minimum atomic E-state index is 0.641. The van der Waals surface area contributed by atoms with Gasteiger partial charge in [-0.05, 0) is 40.9 Å². The molecule has 0 aliphatic heterocycles. The van der Waals surface area contributed by atoms with E-state index in [1.807, 2.05) is 18.2 Å². The van der Waals surface area contributed by atoms with Crippen LogP contribution < -0.4 is 5.73 Å². The summed E-state index contributed by atoms with van der Waals surface area (Å²) in [6, 6.07) is 5.80. The quantitative estimate of drug-likeness (QED) is 0.868. The standard InChI is InChI=1S/C12H10BrClN2S/c13-8-4-3-7(5-9(8)14)10-11(15)17-12(16-10)6-1-2-6/h3-6H,1-2,15H2. The highest BCUT2D eigenvalue weighted by Gasteiger charge is 2.28. The Kier molecular flexibility index (Phi) is 2.89. The first-order valence-corrected chi connectivity index (χ1v) is 7.35. The average Bonchev–Trinajstić information content (AvgIpc) is 3.07. The molecule has 1 fully saturated rings. The van der Waals surface area contributed by atoms with Crippen LogP contribution in [0, 0.1) is 0 Å². The molecule has 3 rings (SSSR count). The highest BCUT2D eigenvalue weighted by Crippen LogP contribution is 2.45. The van der Waals surface area contributed by atoms with Crippen molar-refractivity contribution < 1.29 is 0 Å². The Morgan fingerprint density at radius 1 is 1.41 bits per heavy atom. The monoisotopic (exact) mass is 328 g/mol. The van der Waals surface area contributed by atoms with Gasteiger partial charge in [-0.25, -0.2) is 4.98 Å². The molecule has 1 aromatic heterocycles. The molecule has 1 aliphatic rings. The lowest BCUT2D eigenvalue weighted by Crippen LogP contribution is -1.86. The van der Waals surface area contributed by atoms with E-state index in [0.29, 0.717) is 10.9 Å². The van der Waals surface area contributed by atoms with Gasteiger partial charge in [0.25, 0.3) is 0 Å². The maximum absolute atomic E-state index is 6.09. The Hall–Kier alpha value is -0.580. The zero-order valence-corrected chi connectivity index (χ0v) is 12.1. The van der Waals surface area contributed by atoms with Crippen molar-refractivity contribution in [1.82, 2.24) is 4.98 Å². The summed E-state index contributed by atoms with van der Waals surface area (Å²) in [7, 11) is 0. The Balaban J connectivity index is 2.04. The molecule has 0 saturated heterocycles. The fraction of sp³-hybridized carbons (Fsp3) is 0.250. The van der Waals surface area contributed by atoms with Gasteiger partial charge < -0.3 is 5.73 Å². The summed E-state index contributed by atoms with van der Waals surface area (Å²) in [6.07, 6.45) is 2.49. The van der Waals surface area contributed by atoms with Crippen LogP contribution in [0.2, 0.25) is 5.02 Å². The van der Waals surface area contributed by atoms with Crippen LogP contribution in [0.5, 0.6) is 0 Å². The third kappa shape index (κ3) is 2.21. The van der Waals surface area contributed by atoms with Crippen molar-refractivity contribution in [3.05, 3.63) is 32.7 Å². The number of nitrogens with two attached hydrogens (primary N) is 1. The number of nitrogen functional groups attached to an aromatic ring is 1. The van der Waals surface area contributed by atoms with E-state index in [9.17, 15) is 0 Å². The van der Waals surface area contributed by atoms with Gasteiger partial charge in [0, 0.05) is 16.0 Å².